The molecule has 0 aromatic carbocycles. The number of nitrogens with zero attached hydrogens (tertiary/aromatic N) is 2. The molecule has 2 rings (SSSR count). The van der Waals surface area contributed by atoms with E-state index in [4.69, 9.17) is 11.6 Å². The molecule has 0 radical (unpaired) electrons. The molecule has 3 nitrogen and oxygen atoms in total. The van der Waals surface area contributed by atoms with Gasteiger partial charge in [0.25, 0.3) is 0 Å². The Morgan fingerprint density at radius 2 is 2.19 bits per heavy atom. The summed E-state index contributed by atoms with van der Waals surface area (Å²) in [5.41, 5.74) is 4.39. The Hall–Kier alpha value is -1.97. The van der Waals surface area contributed by atoms with Gasteiger partial charge in [-0.15, -0.1) is 0 Å². The molecule has 0 fully saturated rings. The molecule has 0 bridgehead atoms. The highest BCUT2D eigenvalue weighted by atomic mass is 35.5. The van der Waals surface area contributed by atoms with Gasteiger partial charge in [0.1, 0.15) is 0 Å². The van der Waals surface area contributed by atoms with Gasteiger partial charge in [0.2, 0.25) is 0 Å². The maximum Gasteiger partial charge on any atom is 0.0889 e. The Bertz CT molecular complexity index is 708. The third kappa shape index (κ3) is 3.04. The standard InChI is InChI=1S/C17H17ClN2O/c1-5-13-9-15(12(4)21)17(20-16(13)10(2)18)14-7-6-8-19-11(14)3/h5-9,12,21H,1-2H2,3-4H3. The zero-order valence-electron chi connectivity index (χ0n) is 12.1. The molecule has 0 aliphatic heterocycles. The first-order valence-electron chi connectivity index (χ1n) is 6.58. The molecule has 108 valence electrons. The first-order valence-corrected chi connectivity index (χ1v) is 6.95. The van der Waals surface area contributed by atoms with Crippen LogP contribution in [-0.2, 0) is 0 Å². The first-order chi connectivity index (χ1) is 9.95. The Kier molecular flexibility index (Phi) is 4.56. The third-order valence-electron chi connectivity index (χ3n) is 3.27. The van der Waals surface area contributed by atoms with Gasteiger partial charge < -0.3 is 5.11 Å². The van der Waals surface area contributed by atoms with Crippen LogP contribution in [0.1, 0.15) is 35.5 Å². The SMILES string of the molecule is C=Cc1cc(C(C)O)c(-c2cccnc2C)nc1C(=C)Cl. The molecule has 2 aromatic heterocycles. The molecule has 4 heteroatoms. The monoisotopic (exact) mass is 300 g/mol. The largest absolute Gasteiger partial charge is 0.389 e. The van der Waals surface area contributed by atoms with Crippen molar-refractivity contribution in [2.75, 3.05) is 0 Å². The van der Waals surface area contributed by atoms with Crippen molar-refractivity contribution in [3.63, 3.8) is 0 Å². The molecule has 0 amide bonds. The van der Waals surface area contributed by atoms with E-state index >= 15 is 0 Å². The lowest BCUT2D eigenvalue weighted by molar-refractivity contribution is 0.199. The molecule has 1 unspecified atom stereocenters. The zero-order chi connectivity index (χ0) is 15.6. The van der Waals surface area contributed by atoms with Gasteiger partial charge in [-0.05, 0) is 32.0 Å². The number of aryl methyl sites for hydroxylation is 1. The van der Waals surface area contributed by atoms with E-state index in [0.717, 1.165) is 16.8 Å². The number of aromatic nitrogens is 2. The van der Waals surface area contributed by atoms with Crippen molar-refractivity contribution in [1.82, 2.24) is 9.97 Å². The molecule has 1 atom stereocenters. The van der Waals surface area contributed by atoms with Crippen molar-refractivity contribution >= 4 is 22.7 Å². The van der Waals surface area contributed by atoms with Gasteiger partial charge in [0.05, 0.1) is 22.5 Å². The fraction of sp³-hybridized carbons (Fsp3) is 0.176. The molecule has 2 heterocycles. The van der Waals surface area contributed by atoms with Crippen LogP contribution in [0.4, 0.5) is 0 Å². The van der Waals surface area contributed by atoms with E-state index in [-0.39, 0.29) is 0 Å². The van der Waals surface area contributed by atoms with Crippen LogP contribution < -0.4 is 0 Å². The summed E-state index contributed by atoms with van der Waals surface area (Å²) < 4.78 is 0. The van der Waals surface area contributed by atoms with Crippen LogP contribution in [0.25, 0.3) is 22.4 Å². The van der Waals surface area contributed by atoms with Crippen molar-refractivity contribution in [2.45, 2.75) is 20.0 Å². The fourth-order valence-corrected chi connectivity index (χ4v) is 2.34. The highest BCUT2D eigenvalue weighted by Crippen LogP contribution is 2.32. The van der Waals surface area contributed by atoms with Crippen LogP contribution >= 0.6 is 11.6 Å². The average Bonchev–Trinajstić information content (AvgIpc) is 2.46. The minimum Gasteiger partial charge on any atom is -0.389 e. The van der Waals surface area contributed by atoms with Crippen LogP contribution in [0, 0.1) is 6.92 Å². The van der Waals surface area contributed by atoms with E-state index in [0.29, 0.717) is 22.0 Å². The van der Waals surface area contributed by atoms with Crippen molar-refractivity contribution < 1.29 is 5.11 Å². The lowest BCUT2D eigenvalue weighted by Gasteiger charge is -2.16. The van der Waals surface area contributed by atoms with Crippen LogP contribution in [-0.4, -0.2) is 15.1 Å². The Labute approximate surface area is 129 Å². The normalized spacial score (nSPS) is 12.0. The van der Waals surface area contributed by atoms with Gasteiger partial charge in [0.15, 0.2) is 0 Å². The van der Waals surface area contributed by atoms with Crippen molar-refractivity contribution in [3.8, 4) is 11.3 Å². The topological polar surface area (TPSA) is 46.0 Å². The second-order valence-corrected chi connectivity index (χ2v) is 5.24. The molecule has 0 aliphatic rings. The summed E-state index contributed by atoms with van der Waals surface area (Å²) in [5, 5.41) is 10.4. The molecule has 21 heavy (non-hydrogen) atoms. The molecule has 1 N–H and O–H groups in total. The number of rotatable bonds is 4. The van der Waals surface area contributed by atoms with Crippen molar-refractivity contribution in [3.05, 3.63) is 60.1 Å². The van der Waals surface area contributed by atoms with E-state index in [2.05, 4.69) is 23.1 Å². The van der Waals surface area contributed by atoms with Crippen LogP contribution in [0.15, 0.2) is 37.6 Å². The third-order valence-corrected chi connectivity index (χ3v) is 3.45. The predicted octanol–water partition coefficient (Wildman–Crippen LogP) is 4.36. The smallest absolute Gasteiger partial charge is 0.0889 e. The van der Waals surface area contributed by atoms with Gasteiger partial charge in [-0.1, -0.05) is 30.8 Å². The van der Waals surface area contributed by atoms with E-state index in [1.807, 2.05) is 25.1 Å². The summed E-state index contributed by atoms with van der Waals surface area (Å²) in [6.07, 6.45) is 2.71. The maximum absolute atomic E-state index is 10.1. The van der Waals surface area contributed by atoms with Crippen molar-refractivity contribution in [1.29, 1.82) is 0 Å². The highest BCUT2D eigenvalue weighted by molar-refractivity contribution is 6.48. The summed E-state index contributed by atoms with van der Waals surface area (Å²) in [6.45, 7) is 11.1. The molecular weight excluding hydrogens is 284 g/mol. The fourth-order valence-electron chi connectivity index (χ4n) is 2.19. The van der Waals surface area contributed by atoms with E-state index in [1.54, 1.807) is 19.2 Å². The van der Waals surface area contributed by atoms with E-state index in [1.165, 1.54) is 0 Å². The summed E-state index contributed by atoms with van der Waals surface area (Å²) in [4.78, 5) is 8.87. The van der Waals surface area contributed by atoms with Gasteiger partial charge in [-0.2, -0.15) is 0 Å². The van der Waals surface area contributed by atoms with Crippen molar-refractivity contribution in [2.24, 2.45) is 0 Å². The van der Waals surface area contributed by atoms with E-state index in [9.17, 15) is 5.11 Å². The summed E-state index contributed by atoms with van der Waals surface area (Å²) >= 11 is 6.04. The van der Waals surface area contributed by atoms with Crippen LogP contribution in [0.2, 0.25) is 0 Å². The predicted molar refractivity (Wildman–Crippen MR) is 87.8 cm³/mol. The Balaban J connectivity index is 2.80. The summed E-state index contributed by atoms with van der Waals surface area (Å²) in [7, 11) is 0. The minimum atomic E-state index is -0.663. The van der Waals surface area contributed by atoms with Crippen LogP contribution in [0.3, 0.4) is 0 Å². The molecular formula is C17H17ClN2O. The number of hydrogen-bond donors (Lipinski definition) is 1. The molecule has 0 saturated carbocycles. The maximum atomic E-state index is 10.1. The minimum absolute atomic E-state index is 0.338. The Morgan fingerprint density at radius 3 is 2.71 bits per heavy atom. The van der Waals surface area contributed by atoms with Gasteiger partial charge in [0, 0.05) is 28.6 Å². The summed E-state index contributed by atoms with van der Waals surface area (Å²) in [5.74, 6) is 0. The second-order valence-electron chi connectivity index (χ2n) is 4.79. The second kappa shape index (κ2) is 6.20. The lowest BCUT2D eigenvalue weighted by atomic mass is 9.98. The number of pyridine rings is 2. The lowest BCUT2D eigenvalue weighted by Crippen LogP contribution is -2.03. The number of aliphatic hydroxyl groups is 1. The zero-order valence-corrected chi connectivity index (χ0v) is 12.9. The Morgan fingerprint density at radius 1 is 1.48 bits per heavy atom. The number of halogens is 1. The molecule has 0 aliphatic carbocycles. The molecule has 0 spiro atoms. The first kappa shape index (κ1) is 15.4. The van der Waals surface area contributed by atoms with Gasteiger partial charge >= 0.3 is 0 Å². The number of aliphatic hydroxyl groups excluding tert-OH is 1. The van der Waals surface area contributed by atoms with Gasteiger partial charge in [-0.3, -0.25) is 4.98 Å². The van der Waals surface area contributed by atoms with Crippen LogP contribution in [0.5, 0.6) is 0 Å². The highest BCUT2D eigenvalue weighted by Gasteiger charge is 2.17. The quantitative estimate of drug-likeness (QED) is 0.912. The number of hydrogen-bond acceptors (Lipinski definition) is 3. The summed E-state index contributed by atoms with van der Waals surface area (Å²) in [6, 6.07) is 5.60. The molecule has 0 saturated heterocycles. The van der Waals surface area contributed by atoms with Gasteiger partial charge in [-0.25, -0.2) is 4.98 Å². The average molecular weight is 301 g/mol. The molecule has 2 aromatic rings. The van der Waals surface area contributed by atoms with E-state index < -0.39 is 6.10 Å².